The number of rotatable bonds is 4. The van der Waals surface area contributed by atoms with Crippen LogP contribution >= 0.6 is 23.2 Å². The van der Waals surface area contributed by atoms with Crippen LogP contribution in [0.5, 0.6) is 0 Å². The van der Waals surface area contributed by atoms with Crippen LogP contribution in [0, 0.1) is 0 Å². The average Bonchev–Trinajstić information content (AvgIpc) is 2.46. The van der Waals surface area contributed by atoms with E-state index in [1.54, 1.807) is 11.0 Å². The van der Waals surface area contributed by atoms with E-state index in [2.05, 4.69) is 0 Å². The number of hydrogen-bond donors (Lipinski definition) is 0. The molecule has 0 aliphatic carbocycles. The van der Waals surface area contributed by atoms with Crippen molar-refractivity contribution in [1.29, 1.82) is 0 Å². The van der Waals surface area contributed by atoms with Gasteiger partial charge in [0.1, 0.15) is 5.88 Å². The summed E-state index contributed by atoms with van der Waals surface area (Å²) in [4.78, 5) is 13.6. The number of nitrogens with zero attached hydrogens (tertiary/aromatic N) is 1. The minimum atomic E-state index is -0.168. The summed E-state index contributed by atoms with van der Waals surface area (Å²) in [5.74, 6) is -0.239. The smallest absolute Gasteiger partial charge is 0.242 e. The predicted molar refractivity (Wildman–Crippen MR) is 79.8 cm³/mol. The van der Waals surface area contributed by atoms with Gasteiger partial charge in [-0.25, -0.2) is 0 Å². The summed E-state index contributed by atoms with van der Waals surface area (Å²) in [6.45, 7) is 0.454. The fourth-order valence-corrected chi connectivity index (χ4v) is 2.20. The topological polar surface area (TPSA) is 20.3 Å². The largest absolute Gasteiger partial charge is 0.305 e. The fourth-order valence-electron chi connectivity index (χ4n) is 1.82. The molecule has 2 aromatic carbocycles. The Labute approximate surface area is 122 Å². The molecule has 0 aliphatic rings. The van der Waals surface area contributed by atoms with E-state index >= 15 is 0 Å². The van der Waals surface area contributed by atoms with E-state index in [0.29, 0.717) is 17.3 Å². The number of carbonyl (C=O) groups excluding carboxylic acids is 1. The van der Waals surface area contributed by atoms with Gasteiger partial charge in [0, 0.05) is 0 Å². The first-order valence-corrected chi connectivity index (χ1v) is 6.78. The summed E-state index contributed by atoms with van der Waals surface area (Å²) >= 11 is 11.8. The van der Waals surface area contributed by atoms with Crippen LogP contribution in [0.25, 0.3) is 0 Å². The lowest BCUT2D eigenvalue weighted by molar-refractivity contribution is -0.116. The number of hydrogen-bond acceptors (Lipinski definition) is 1. The molecule has 0 spiro atoms. The molecule has 0 atom stereocenters. The number of para-hydroxylation sites is 1. The first-order valence-electron chi connectivity index (χ1n) is 5.87. The molecule has 0 N–H and O–H groups in total. The standard InChI is InChI=1S/C15H13Cl2NO/c16-10-15(19)18(11-12-6-2-1-3-7-12)14-9-5-4-8-13(14)17/h1-9H,10-11H2. The van der Waals surface area contributed by atoms with Gasteiger partial charge in [-0.3, -0.25) is 4.79 Å². The Morgan fingerprint density at radius 2 is 1.63 bits per heavy atom. The molecule has 0 radical (unpaired) electrons. The van der Waals surface area contributed by atoms with Crippen molar-refractivity contribution in [3.8, 4) is 0 Å². The van der Waals surface area contributed by atoms with Crippen LogP contribution in [0.4, 0.5) is 5.69 Å². The predicted octanol–water partition coefficient (Wildman–Crippen LogP) is 4.11. The average molecular weight is 294 g/mol. The summed E-state index contributed by atoms with van der Waals surface area (Å²) in [5, 5.41) is 0.539. The summed E-state index contributed by atoms with van der Waals surface area (Å²) < 4.78 is 0. The second kappa shape index (κ2) is 6.60. The zero-order valence-electron chi connectivity index (χ0n) is 10.2. The molecule has 0 aliphatic heterocycles. The summed E-state index contributed by atoms with van der Waals surface area (Å²) in [7, 11) is 0. The zero-order chi connectivity index (χ0) is 13.7. The van der Waals surface area contributed by atoms with E-state index in [1.807, 2.05) is 48.5 Å². The van der Waals surface area contributed by atoms with Gasteiger partial charge < -0.3 is 4.90 Å². The zero-order valence-corrected chi connectivity index (χ0v) is 11.7. The van der Waals surface area contributed by atoms with E-state index < -0.39 is 0 Å². The van der Waals surface area contributed by atoms with Crippen LogP contribution in [-0.2, 0) is 11.3 Å². The van der Waals surface area contributed by atoms with Crippen LogP contribution in [0.2, 0.25) is 5.02 Å². The van der Waals surface area contributed by atoms with Gasteiger partial charge in [-0.2, -0.15) is 0 Å². The molecule has 98 valence electrons. The van der Waals surface area contributed by atoms with Crippen LogP contribution in [0.15, 0.2) is 54.6 Å². The molecule has 1 amide bonds. The van der Waals surface area contributed by atoms with Gasteiger partial charge in [0.25, 0.3) is 0 Å². The molecule has 2 rings (SSSR count). The lowest BCUT2D eigenvalue weighted by atomic mass is 10.2. The second-order valence-electron chi connectivity index (χ2n) is 4.05. The van der Waals surface area contributed by atoms with E-state index in [4.69, 9.17) is 23.2 Å². The van der Waals surface area contributed by atoms with E-state index in [1.165, 1.54) is 0 Å². The second-order valence-corrected chi connectivity index (χ2v) is 4.72. The summed E-state index contributed by atoms with van der Waals surface area (Å²) in [6.07, 6.45) is 0. The normalized spacial score (nSPS) is 10.2. The number of carbonyl (C=O) groups is 1. The van der Waals surface area contributed by atoms with E-state index in [-0.39, 0.29) is 11.8 Å². The van der Waals surface area contributed by atoms with Crippen molar-refractivity contribution in [2.45, 2.75) is 6.54 Å². The van der Waals surface area contributed by atoms with Gasteiger partial charge in [0.05, 0.1) is 17.3 Å². The molecular weight excluding hydrogens is 281 g/mol. The molecule has 4 heteroatoms. The van der Waals surface area contributed by atoms with Crippen molar-refractivity contribution in [2.75, 3.05) is 10.8 Å². The summed E-state index contributed by atoms with van der Waals surface area (Å²) in [5.41, 5.74) is 1.71. The first kappa shape index (κ1) is 13.9. The molecule has 0 saturated heterocycles. The SMILES string of the molecule is O=C(CCl)N(Cc1ccccc1)c1ccccc1Cl. The maximum absolute atomic E-state index is 12.0. The minimum Gasteiger partial charge on any atom is -0.305 e. The molecule has 19 heavy (non-hydrogen) atoms. The van der Waals surface area contributed by atoms with Gasteiger partial charge in [-0.05, 0) is 17.7 Å². The maximum Gasteiger partial charge on any atom is 0.242 e. The molecule has 0 saturated carbocycles. The first-order chi connectivity index (χ1) is 9.22. The molecular formula is C15H13Cl2NO. The lowest BCUT2D eigenvalue weighted by Gasteiger charge is -2.23. The van der Waals surface area contributed by atoms with Crippen molar-refractivity contribution >= 4 is 34.8 Å². The van der Waals surface area contributed by atoms with Crippen LogP contribution < -0.4 is 4.90 Å². The third kappa shape index (κ3) is 3.49. The molecule has 0 aromatic heterocycles. The Balaban J connectivity index is 2.32. The number of amides is 1. The highest BCUT2D eigenvalue weighted by atomic mass is 35.5. The van der Waals surface area contributed by atoms with E-state index in [9.17, 15) is 4.79 Å². The van der Waals surface area contributed by atoms with Crippen LogP contribution in [0.3, 0.4) is 0 Å². The van der Waals surface area contributed by atoms with Gasteiger partial charge in [-0.15, -0.1) is 11.6 Å². The molecule has 2 nitrogen and oxygen atoms in total. The Morgan fingerprint density at radius 1 is 1.00 bits per heavy atom. The minimum absolute atomic E-state index is 0.0714. The van der Waals surface area contributed by atoms with Crippen LogP contribution in [0.1, 0.15) is 5.56 Å². The molecule has 2 aromatic rings. The number of alkyl halides is 1. The van der Waals surface area contributed by atoms with Gasteiger partial charge >= 0.3 is 0 Å². The number of halogens is 2. The molecule has 0 bridgehead atoms. The van der Waals surface area contributed by atoms with Gasteiger partial charge in [0.15, 0.2) is 0 Å². The Bertz CT molecular complexity index is 557. The van der Waals surface area contributed by atoms with Crippen molar-refractivity contribution in [3.05, 3.63) is 65.2 Å². The fraction of sp³-hybridized carbons (Fsp3) is 0.133. The third-order valence-corrected chi connectivity index (χ3v) is 3.29. The Morgan fingerprint density at radius 3 is 2.26 bits per heavy atom. The van der Waals surface area contributed by atoms with Crippen molar-refractivity contribution in [2.24, 2.45) is 0 Å². The van der Waals surface area contributed by atoms with Crippen molar-refractivity contribution in [1.82, 2.24) is 0 Å². The highest BCUT2D eigenvalue weighted by Gasteiger charge is 2.17. The quantitative estimate of drug-likeness (QED) is 0.777. The Hall–Kier alpha value is -1.51. The number of anilines is 1. The van der Waals surface area contributed by atoms with Gasteiger partial charge in [0.2, 0.25) is 5.91 Å². The van der Waals surface area contributed by atoms with Crippen LogP contribution in [-0.4, -0.2) is 11.8 Å². The van der Waals surface area contributed by atoms with E-state index in [0.717, 1.165) is 5.56 Å². The number of benzene rings is 2. The highest BCUT2D eigenvalue weighted by Crippen LogP contribution is 2.27. The van der Waals surface area contributed by atoms with Crippen molar-refractivity contribution < 1.29 is 4.79 Å². The van der Waals surface area contributed by atoms with Crippen molar-refractivity contribution in [3.63, 3.8) is 0 Å². The monoisotopic (exact) mass is 293 g/mol. The molecule has 0 fully saturated rings. The lowest BCUT2D eigenvalue weighted by Crippen LogP contribution is -2.31. The molecule has 0 unspecified atom stereocenters. The maximum atomic E-state index is 12.0. The third-order valence-electron chi connectivity index (χ3n) is 2.74. The Kier molecular flexibility index (Phi) is 4.83. The van der Waals surface area contributed by atoms with Gasteiger partial charge in [-0.1, -0.05) is 54.1 Å². The summed E-state index contributed by atoms with van der Waals surface area (Å²) in [6, 6.07) is 17.0. The molecule has 0 heterocycles. The highest BCUT2D eigenvalue weighted by molar-refractivity contribution is 6.35.